The lowest BCUT2D eigenvalue weighted by atomic mass is 10.3. The summed E-state index contributed by atoms with van der Waals surface area (Å²) in [6.07, 6.45) is 3.84. The number of hydrogen-bond donors (Lipinski definition) is 1. The molecule has 5 heteroatoms. The molecule has 0 atom stereocenters. The zero-order valence-corrected chi connectivity index (χ0v) is 8.13. The molecule has 0 saturated heterocycles. The van der Waals surface area contributed by atoms with E-state index < -0.39 is 0 Å². The van der Waals surface area contributed by atoms with Gasteiger partial charge in [-0.1, -0.05) is 12.2 Å². The molecule has 0 saturated carbocycles. The number of nitrogens with two attached hydrogens (primary N) is 1. The van der Waals surface area contributed by atoms with Crippen LogP contribution in [0, 0.1) is 0 Å². The summed E-state index contributed by atoms with van der Waals surface area (Å²) in [5, 5.41) is 0. The van der Waals surface area contributed by atoms with Gasteiger partial charge in [-0.05, 0) is 0 Å². The minimum absolute atomic E-state index is 0.556. The van der Waals surface area contributed by atoms with Gasteiger partial charge in [0.05, 0.1) is 11.5 Å². The summed E-state index contributed by atoms with van der Waals surface area (Å²) in [6.45, 7) is 3.53. The highest BCUT2D eigenvalue weighted by atomic mass is 32.1. The van der Waals surface area contributed by atoms with Crippen molar-refractivity contribution in [2.75, 3.05) is 13.1 Å². The highest BCUT2D eigenvalue weighted by Crippen LogP contribution is 2.09. The Hall–Kier alpha value is -0.940. The van der Waals surface area contributed by atoms with Crippen LogP contribution in [0.3, 0.4) is 0 Å². The molecule has 0 bridgehead atoms. The van der Waals surface area contributed by atoms with E-state index in [1.165, 1.54) is 0 Å². The molecule has 4 nitrogen and oxygen atoms in total. The van der Waals surface area contributed by atoms with Crippen LogP contribution in [-0.2, 0) is 13.1 Å². The Morgan fingerprint density at radius 2 is 2.46 bits per heavy atom. The van der Waals surface area contributed by atoms with Gasteiger partial charge in [0.25, 0.3) is 0 Å². The van der Waals surface area contributed by atoms with Crippen molar-refractivity contribution in [3.8, 4) is 0 Å². The lowest BCUT2D eigenvalue weighted by Crippen LogP contribution is -2.38. The second-order valence-corrected chi connectivity index (χ2v) is 3.74. The van der Waals surface area contributed by atoms with E-state index >= 15 is 0 Å². The highest BCUT2D eigenvalue weighted by Gasteiger charge is 2.16. The fourth-order valence-corrected chi connectivity index (χ4v) is 1.76. The van der Waals surface area contributed by atoms with E-state index in [0.29, 0.717) is 11.5 Å². The predicted octanol–water partition coefficient (Wildman–Crippen LogP) is -0.0152. The summed E-state index contributed by atoms with van der Waals surface area (Å²) in [5.74, 6) is 1.10. The SMILES string of the molecule is NC(=S)CN1CCn2ccnc2C1. The van der Waals surface area contributed by atoms with Crippen LogP contribution in [0.25, 0.3) is 0 Å². The van der Waals surface area contributed by atoms with Gasteiger partial charge >= 0.3 is 0 Å². The Morgan fingerprint density at radius 3 is 3.23 bits per heavy atom. The molecule has 2 rings (SSSR count). The first-order valence-electron chi connectivity index (χ1n) is 4.26. The van der Waals surface area contributed by atoms with Gasteiger partial charge in [0.15, 0.2) is 0 Å². The van der Waals surface area contributed by atoms with Crippen LogP contribution in [0.2, 0.25) is 0 Å². The molecule has 0 radical (unpaired) electrons. The summed E-state index contributed by atoms with van der Waals surface area (Å²) in [5.41, 5.74) is 5.48. The first-order chi connectivity index (χ1) is 6.25. The van der Waals surface area contributed by atoms with Gasteiger partial charge < -0.3 is 10.3 Å². The van der Waals surface area contributed by atoms with E-state index in [1.54, 1.807) is 0 Å². The van der Waals surface area contributed by atoms with Crippen LogP contribution < -0.4 is 5.73 Å². The molecule has 0 fully saturated rings. The summed E-state index contributed by atoms with van der Waals surface area (Å²) >= 11 is 4.86. The van der Waals surface area contributed by atoms with E-state index in [4.69, 9.17) is 18.0 Å². The Balaban J connectivity index is 2.04. The van der Waals surface area contributed by atoms with Crippen molar-refractivity contribution in [3.63, 3.8) is 0 Å². The average molecular weight is 196 g/mol. The normalized spacial score (nSPS) is 16.9. The number of rotatable bonds is 2. The van der Waals surface area contributed by atoms with Crippen LogP contribution in [0.5, 0.6) is 0 Å². The maximum Gasteiger partial charge on any atom is 0.122 e. The molecule has 1 aromatic rings. The number of hydrogen-bond acceptors (Lipinski definition) is 3. The molecule has 2 N–H and O–H groups in total. The molecule has 1 aliphatic heterocycles. The number of imidazole rings is 1. The van der Waals surface area contributed by atoms with Gasteiger partial charge in [-0.2, -0.15) is 0 Å². The largest absolute Gasteiger partial charge is 0.392 e. The smallest absolute Gasteiger partial charge is 0.122 e. The molecule has 1 aromatic heterocycles. The van der Waals surface area contributed by atoms with Crippen LogP contribution >= 0.6 is 12.2 Å². The van der Waals surface area contributed by atoms with Gasteiger partial charge in [-0.25, -0.2) is 4.98 Å². The molecule has 13 heavy (non-hydrogen) atoms. The van der Waals surface area contributed by atoms with E-state index in [-0.39, 0.29) is 0 Å². The number of aromatic nitrogens is 2. The van der Waals surface area contributed by atoms with Gasteiger partial charge in [0.1, 0.15) is 5.82 Å². The van der Waals surface area contributed by atoms with E-state index in [1.807, 2.05) is 12.4 Å². The maximum absolute atomic E-state index is 5.48. The topological polar surface area (TPSA) is 47.1 Å². The highest BCUT2D eigenvalue weighted by molar-refractivity contribution is 7.80. The Labute approximate surface area is 82.3 Å². The molecule has 0 spiro atoms. The molecule has 1 aliphatic rings. The lowest BCUT2D eigenvalue weighted by molar-refractivity contribution is 0.246. The van der Waals surface area contributed by atoms with Crippen molar-refractivity contribution < 1.29 is 0 Å². The third-order valence-corrected chi connectivity index (χ3v) is 2.33. The summed E-state index contributed by atoms with van der Waals surface area (Å²) in [4.78, 5) is 7.02. The van der Waals surface area contributed by atoms with Crippen molar-refractivity contribution >= 4 is 17.2 Å². The van der Waals surface area contributed by atoms with Gasteiger partial charge in [0, 0.05) is 32.0 Å². The Morgan fingerprint density at radius 1 is 1.62 bits per heavy atom. The van der Waals surface area contributed by atoms with Crippen molar-refractivity contribution in [1.82, 2.24) is 14.5 Å². The van der Waals surface area contributed by atoms with Crippen LogP contribution in [0.4, 0.5) is 0 Å². The summed E-state index contributed by atoms with van der Waals surface area (Å²) < 4.78 is 2.16. The zero-order valence-electron chi connectivity index (χ0n) is 7.31. The van der Waals surface area contributed by atoms with Gasteiger partial charge in [-0.15, -0.1) is 0 Å². The molecule has 0 aliphatic carbocycles. The molecule has 0 unspecified atom stereocenters. The van der Waals surface area contributed by atoms with Gasteiger partial charge in [0.2, 0.25) is 0 Å². The Bertz CT molecular complexity index is 320. The minimum Gasteiger partial charge on any atom is -0.392 e. The molecular formula is C8H12N4S. The van der Waals surface area contributed by atoms with Gasteiger partial charge in [-0.3, -0.25) is 4.90 Å². The minimum atomic E-state index is 0.556. The number of thiocarbonyl (C=S) groups is 1. The van der Waals surface area contributed by atoms with Crippen molar-refractivity contribution in [2.24, 2.45) is 5.73 Å². The Kier molecular flexibility index (Phi) is 2.28. The number of fused-ring (bicyclic) bond motifs is 1. The van der Waals surface area contributed by atoms with E-state index in [0.717, 1.165) is 25.5 Å². The van der Waals surface area contributed by atoms with E-state index in [9.17, 15) is 0 Å². The van der Waals surface area contributed by atoms with Crippen molar-refractivity contribution in [1.29, 1.82) is 0 Å². The third kappa shape index (κ3) is 1.87. The molecule has 70 valence electrons. The summed E-state index contributed by atoms with van der Waals surface area (Å²) in [7, 11) is 0. The lowest BCUT2D eigenvalue weighted by Gasteiger charge is -2.26. The van der Waals surface area contributed by atoms with Crippen molar-refractivity contribution in [2.45, 2.75) is 13.1 Å². The average Bonchev–Trinajstić information content (AvgIpc) is 2.49. The molecule has 2 heterocycles. The fraction of sp³-hybridized carbons (Fsp3) is 0.500. The second-order valence-electron chi connectivity index (χ2n) is 3.21. The quantitative estimate of drug-likeness (QED) is 0.676. The number of nitrogens with zero attached hydrogens (tertiary/aromatic N) is 3. The third-order valence-electron chi connectivity index (χ3n) is 2.20. The fourth-order valence-electron chi connectivity index (χ4n) is 1.58. The molecule has 0 aromatic carbocycles. The predicted molar refractivity (Wildman–Crippen MR) is 54.3 cm³/mol. The standard InChI is InChI=1S/C8H12N4S/c9-7(13)5-11-3-4-12-2-1-10-8(12)6-11/h1-2H,3-6H2,(H2,9,13). The van der Waals surface area contributed by atoms with E-state index in [2.05, 4.69) is 14.5 Å². The molecular weight excluding hydrogens is 184 g/mol. The van der Waals surface area contributed by atoms with Crippen LogP contribution in [0.15, 0.2) is 12.4 Å². The first kappa shape index (κ1) is 8.65. The monoisotopic (exact) mass is 196 g/mol. The van der Waals surface area contributed by atoms with Crippen molar-refractivity contribution in [3.05, 3.63) is 18.2 Å². The summed E-state index contributed by atoms with van der Waals surface area (Å²) in [6, 6.07) is 0. The zero-order chi connectivity index (χ0) is 9.26. The van der Waals surface area contributed by atoms with Crippen LogP contribution in [0.1, 0.15) is 5.82 Å². The first-order valence-corrected chi connectivity index (χ1v) is 4.67. The maximum atomic E-state index is 5.48. The second kappa shape index (κ2) is 3.43. The van der Waals surface area contributed by atoms with Crippen LogP contribution in [-0.4, -0.2) is 32.5 Å². The molecule has 0 amide bonds.